The summed E-state index contributed by atoms with van der Waals surface area (Å²) >= 11 is 0. The van der Waals surface area contributed by atoms with E-state index in [-0.39, 0.29) is 17.9 Å². The topological polar surface area (TPSA) is 64.0 Å². The number of carbonyl (C=O) groups is 1. The van der Waals surface area contributed by atoms with E-state index in [1.807, 2.05) is 57.2 Å². The molecule has 140 valence electrons. The van der Waals surface area contributed by atoms with Crippen molar-refractivity contribution in [1.29, 1.82) is 0 Å². The lowest BCUT2D eigenvalue weighted by molar-refractivity contribution is -0.121. The summed E-state index contributed by atoms with van der Waals surface area (Å²) in [7, 11) is 0. The smallest absolute Gasteiger partial charge is 0.272 e. The standard InChI is InChI=1S/C22H25N3O2/c1-14-7-5-6-8-18(14)13-23-21(26)9-10-25-20-12-16(3)15(2)11-19(20)24-17(4)22(25)27/h5-8,11-12H,9-10,13H2,1-4H3,(H,23,26). The maximum Gasteiger partial charge on any atom is 0.272 e. The van der Waals surface area contributed by atoms with Crippen LogP contribution >= 0.6 is 0 Å². The number of benzene rings is 2. The highest BCUT2D eigenvalue weighted by Gasteiger charge is 2.11. The Morgan fingerprint density at radius 3 is 2.48 bits per heavy atom. The third-order valence-corrected chi connectivity index (χ3v) is 5.02. The van der Waals surface area contributed by atoms with Crippen molar-refractivity contribution in [3.05, 3.63) is 74.7 Å². The molecule has 0 radical (unpaired) electrons. The first-order valence-electron chi connectivity index (χ1n) is 9.16. The second kappa shape index (κ2) is 7.74. The Kier molecular flexibility index (Phi) is 5.40. The molecule has 1 amide bonds. The fourth-order valence-corrected chi connectivity index (χ4v) is 3.15. The number of amides is 1. The van der Waals surface area contributed by atoms with Crippen LogP contribution in [0.1, 0.15) is 34.4 Å². The van der Waals surface area contributed by atoms with Crippen molar-refractivity contribution in [2.75, 3.05) is 0 Å². The van der Waals surface area contributed by atoms with E-state index < -0.39 is 0 Å². The molecule has 0 fully saturated rings. The van der Waals surface area contributed by atoms with E-state index in [4.69, 9.17) is 0 Å². The van der Waals surface area contributed by atoms with Crippen LogP contribution in [0.4, 0.5) is 0 Å². The van der Waals surface area contributed by atoms with Crippen LogP contribution in [0.15, 0.2) is 41.2 Å². The number of hydrogen-bond acceptors (Lipinski definition) is 3. The van der Waals surface area contributed by atoms with E-state index in [0.29, 0.717) is 18.8 Å². The molecule has 2 aromatic carbocycles. The predicted molar refractivity (Wildman–Crippen MR) is 108 cm³/mol. The van der Waals surface area contributed by atoms with Crippen LogP contribution < -0.4 is 10.9 Å². The van der Waals surface area contributed by atoms with Gasteiger partial charge >= 0.3 is 0 Å². The van der Waals surface area contributed by atoms with E-state index >= 15 is 0 Å². The van der Waals surface area contributed by atoms with Gasteiger partial charge < -0.3 is 9.88 Å². The number of nitrogens with zero attached hydrogens (tertiary/aromatic N) is 2. The summed E-state index contributed by atoms with van der Waals surface area (Å²) in [6.45, 7) is 8.61. The molecule has 27 heavy (non-hydrogen) atoms. The van der Waals surface area contributed by atoms with E-state index in [1.165, 1.54) is 0 Å². The number of hydrogen-bond donors (Lipinski definition) is 1. The number of carbonyl (C=O) groups excluding carboxylic acids is 1. The van der Waals surface area contributed by atoms with Crippen LogP contribution in [0.25, 0.3) is 11.0 Å². The van der Waals surface area contributed by atoms with Gasteiger partial charge in [-0.15, -0.1) is 0 Å². The summed E-state index contributed by atoms with van der Waals surface area (Å²) in [5, 5.41) is 2.94. The molecule has 1 aromatic heterocycles. The quantitative estimate of drug-likeness (QED) is 0.756. The highest BCUT2D eigenvalue weighted by atomic mass is 16.1. The van der Waals surface area contributed by atoms with Gasteiger partial charge in [0.2, 0.25) is 5.91 Å². The molecule has 0 aliphatic rings. The van der Waals surface area contributed by atoms with Crippen molar-refractivity contribution in [2.45, 2.75) is 47.2 Å². The summed E-state index contributed by atoms with van der Waals surface area (Å²) in [4.78, 5) is 29.3. The number of aryl methyl sites for hydroxylation is 5. The summed E-state index contributed by atoms with van der Waals surface area (Å²) < 4.78 is 1.66. The number of fused-ring (bicyclic) bond motifs is 1. The number of aromatic nitrogens is 2. The van der Waals surface area contributed by atoms with Crippen molar-refractivity contribution >= 4 is 16.9 Å². The van der Waals surface area contributed by atoms with Crippen molar-refractivity contribution in [3.8, 4) is 0 Å². The average Bonchev–Trinajstić information content (AvgIpc) is 2.63. The van der Waals surface area contributed by atoms with Crippen molar-refractivity contribution < 1.29 is 4.79 Å². The lowest BCUT2D eigenvalue weighted by atomic mass is 10.1. The molecule has 3 aromatic rings. The Labute approximate surface area is 159 Å². The zero-order chi connectivity index (χ0) is 19.6. The lowest BCUT2D eigenvalue weighted by Crippen LogP contribution is -2.29. The Bertz CT molecular complexity index is 1070. The highest BCUT2D eigenvalue weighted by Crippen LogP contribution is 2.17. The first kappa shape index (κ1) is 18.8. The molecule has 1 heterocycles. The number of nitrogens with one attached hydrogen (secondary N) is 1. The normalized spacial score (nSPS) is 11.0. The second-order valence-electron chi connectivity index (χ2n) is 7.03. The second-order valence-corrected chi connectivity index (χ2v) is 7.03. The SMILES string of the molecule is Cc1cc2nc(C)c(=O)n(CCC(=O)NCc3ccccc3C)c2cc1C. The molecule has 3 rings (SSSR count). The molecule has 0 atom stereocenters. The molecule has 0 saturated carbocycles. The minimum Gasteiger partial charge on any atom is -0.352 e. The monoisotopic (exact) mass is 363 g/mol. The van der Waals surface area contributed by atoms with Crippen LogP contribution in [0.5, 0.6) is 0 Å². The zero-order valence-electron chi connectivity index (χ0n) is 16.3. The zero-order valence-corrected chi connectivity index (χ0v) is 16.3. The third-order valence-electron chi connectivity index (χ3n) is 5.02. The van der Waals surface area contributed by atoms with E-state index in [2.05, 4.69) is 10.3 Å². The van der Waals surface area contributed by atoms with Crippen LogP contribution in [0, 0.1) is 27.7 Å². The fourth-order valence-electron chi connectivity index (χ4n) is 3.15. The largest absolute Gasteiger partial charge is 0.352 e. The van der Waals surface area contributed by atoms with Gasteiger partial charge in [-0.05, 0) is 62.1 Å². The summed E-state index contributed by atoms with van der Waals surface area (Å²) in [5.74, 6) is -0.0726. The third kappa shape index (κ3) is 4.08. The Hall–Kier alpha value is -2.95. The molecular formula is C22H25N3O2. The summed E-state index contributed by atoms with van der Waals surface area (Å²) in [6, 6.07) is 11.9. The van der Waals surface area contributed by atoms with Crippen molar-refractivity contribution in [3.63, 3.8) is 0 Å². The minimum absolute atomic E-state index is 0.0726. The molecule has 1 N–H and O–H groups in total. The summed E-state index contributed by atoms with van der Waals surface area (Å²) in [6.07, 6.45) is 0.247. The molecule has 5 nitrogen and oxygen atoms in total. The first-order valence-corrected chi connectivity index (χ1v) is 9.16. The van der Waals surface area contributed by atoms with Gasteiger partial charge in [0.15, 0.2) is 0 Å². The van der Waals surface area contributed by atoms with Gasteiger partial charge in [0.1, 0.15) is 5.69 Å². The van der Waals surface area contributed by atoms with Crippen molar-refractivity contribution in [2.24, 2.45) is 0 Å². The first-order chi connectivity index (χ1) is 12.9. The summed E-state index contributed by atoms with van der Waals surface area (Å²) in [5.41, 5.74) is 6.36. The van der Waals surface area contributed by atoms with Gasteiger partial charge in [-0.25, -0.2) is 4.98 Å². The Morgan fingerprint density at radius 2 is 1.74 bits per heavy atom. The van der Waals surface area contributed by atoms with Gasteiger partial charge in [-0.3, -0.25) is 9.59 Å². The Balaban J connectivity index is 1.77. The maximum atomic E-state index is 12.6. The molecule has 0 spiro atoms. The van der Waals surface area contributed by atoms with E-state index in [0.717, 1.165) is 33.3 Å². The van der Waals surface area contributed by atoms with Gasteiger partial charge in [0, 0.05) is 19.5 Å². The van der Waals surface area contributed by atoms with Gasteiger partial charge in [0.05, 0.1) is 11.0 Å². The minimum atomic E-state index is -0.141. The molecular weight excluding hydrogens is 338 g/mol. The van der Waals surface area contributed by atoms with Crippen LogP contribution in [0.2, 0.25) is 0 Å². The highest BCUT2D eigenvalue weighted by molar-refractivity contribution is 5.78. The predicted octanol–water partition coefficient (Wildman–Crippen LogP) is 3.34. The van der Waals surface area contributed by atoms with Gasteiger partial charge in [-0.2, -0.15) is 0 Å². The van der Waals surface area contributed by atoms with E-state index in [9.17, 15) is 9.59 Å². The van der Waals surface area contributed by atoms with Crippen LogP contribution in [-0.2, 0) is 17.9 Å². The maximum absolute atomic E-state index is 12.6. The van der Waals surface area contributed by atoms with Crippen molar-refractivity contribution in [1.82, 2.24) is 14.9 Å². The van der Waals surface area contributed by atoms with Gasteiger partial charge in [-0.1, -0.05) is 24.3 Å². The molecule has 0 aliphatic heterocycles. The van der Waals surface area contributed by atoms with E-state index in [1.54, 1.807) is 11.5 Å². The van der Waals surface area contributed by atoms with Crippen LogP contribution in [-0.4, -0.2) is 15.5 Å². The molecule has 0 saturated heterocycles. The molecule has 0 aliphatic carbocycles. The number of rotatable bonds is 5. The average molecular weight is 363 g/mol. The van der Waals surface area contributed by atoms with Crippen LogP contribution in [0.3, 0.4) is 0 Å². The lowest BCUT2D eigenvalue weighted by Gasteiger charge is -2.13. The Morgan fingerprint density at radius 1 is 1.04 bits per heavy atom. The fraction of sp³-hybridized carbons (Fsp3) is 0.318. The molecule has 0 unspecified atom stereocenters. The van der Waals surface area contributed by atoms with Gasteiger partial charge in [0.25, 0.3) is 5.56 Å². The molecule has 5 heteroatoms. The molecule has 0 bridgehead atoms.